The number of hydrogen-bond donors (Lipinski definition) is 0. The molecule has 0 aromatic heterocycles. The molecule has 3 rings (SSSR count). The van der Waals surface area contributed by atoms with E-state index in [9.17, 15) is 0 Å². The van der Waals surface area contributed by atoms with E-state index < -0.39 is 0 Å². The minimum Gasteiger partial charge on any atom is -0.496 e. The highest BCUT2D eigenvalue weighted by molar-refractivity contribution is 8.02. The predicted molar refractivity (Wildman–Crippen MR) is 124 cm³/mol. The molecule has 28 heavy (non-hydrogen) atoms. The normalized spacial score (nSPS) is 11.5. The largest absolute Gasteiger partial charge is 0.496 e. The highest BCUT2D eigenvalue weighted by Crippen LogP contribution is 2.32. The summed E-state index contributed by atoms with van der Waals surface area (Å²) < 4.78 is 5.50. The first kappa shape index (κ1) is 21.1. The molecule has 0 atom stereocenters. The van der Waals surface area contributed by atoms with E-state index >= 15 is 0 Å². The van der Waals surface area contributed by atoms with Gasteiger partial charge in [0.15, 0.2) is 0 Å². The van der Waals surface area contributed by atoms with E-state index in [-0.39, 0.29) is 0 Å². The van der Waals surface area contributed by atoms with Gasteiger partial charge in [-0.15, -0.1) is 11.8 Å². The van der Waals surface area contributed by atoms with E-state index in [0.29, 0.717) is 10.0 Å². The lowest BCUT2D eigenvalue weighted by Crippen LogP contribution is -1.91. The van der Waals surface area contributed by atoms with Crippen molar-refractivity contribution in [1.29, 1.82) is 0 Å². The standard InChI is InChI=1S/C23H19Cl3OS/c1-27-23-5-3-2-4-18(23)14-20(12-16-6-9-19(24)10-7-16)28-15-17-8-11-21(25)22(26)13-17/h2-11,13-14H,12,15H2,1H3/b20-14+. The van der Waals surface area contributed by atoms with Crippen molar-refractivity contribution in [2.75, 3.05) is 7.11 Å². The lowest BCUT2D eigenvalue weighted by Gasteiger charge is -2.11. The van der Waals surface area contributed by atoms with Crippen molar-refractivity contribution in [2.45, 2.75) is 12.2 Å². The summed E-state index contributed by atoms with van der Waals surface area (Å²) in [5, 5.41) is 1.89. The van der Waals surface area contributed by atoms with E-state index in [2.05, 4.69) is 24.3 Å². The van der Waals surface area contributed by atoms with Crippen molar-refractivity contribution in [3.8, 4) is 5.75 Å². The number of para-hydroxylation sites is 1. The quantitative estimate of drug-likeness (QED) is 0.359. The van der Waals surface area contributed by atoms with E-state index in [0.717, 1.165) is 34.1 Å². The number of thioether (sulfide) groups is 1. The van der Waals surface area contributed by atoms with Crippen molar-refractivity contribution >= 4 is 52.6 Å². The van der Waals surface area contributed by atoms with Crippen LogP contribution in [0.4, 0.5) is 0 Å². The van der Waals surface area contributed by atoms with Crippen LogP contribution in [0.2, 0.25) is 15.1 Å². The average Bonchev–Trinajstić information content (AvgIpc) is 2.70. The van der Waals surface area contributed by atoms with Crippen molar-refractivity contribution in [3.63, 3.8) is 0 Å². The third-order valence-electron chi connectivity index (χ3n) is 4.16. The molecule has 0 heterocycles. The lowest BCUT2D eigenvalue weighted by atomic mass is 10.1. The van der Waals surface area contributed by atoms with E-state index in [1.807, 2.05) is 48.5 Å². The second-order valence-corrected chi connectivity index (χ2v) is 8.55. The van der Waals surface area contributed by atoms with Crippen LogP contribution in [0.5, 0.6) is 5.75 Å². The summed E-state index contributed by atoms with van der Waals surface area (Å²) in [4.78, 5) is 1.22. The summed E-state index contributed by atoms with van der Waals surface area (Å²) in [6, 6.07) is 21.7. The smallest absolute Gasteiger partial charge is 0.126 e. The van der Waals surface area contributed by atoms with Crippen LogP contribution < -0.4 is 4.74 Å². The molecule has 0 amide bonds. The number of allylic oxidation sites excluding steroid dienone is 1. The fraction of sp³-hybridized carbons (Fsp3) is 0.130. The molecule has 3 aromatic carbocycles. The molecule has 0 saturated carbocycles. The van der Waals surface area contributed by atoms with Crippen LogP contribution >= 0.6 is 46.6 Å². The first-order valence-electron chi connectivity index (χ1n) is 8.70. The molecule has 0 aliphatic carbocycles. The molecule has 5 heteroatoms. The van der Waals surface area contributed by atoms with Gasteiger partial charge in [0, 0.05) is 22.8 Å². The lowest BCUT2D eigenvalue weighted by molar-refractivity contribution is 0.414. The summed E-state index contributed by atoms with van der Waals surface area (Å²) in [5.41, 5.74) is 3.38. The Morgan fingerprint density at radius 2 is 1.61 bits per heavy atom. The molecule has 0 fully saturated rings. The van der Waals surface area contributed by atoms with E-state index in [1.165, 1.54) is 10.5 Å². The van der Waals surface area contributed by atoms with Gasteiger partial charge in [0.2, 0.25) is 0 Å². The number of ether oxygens (including phenoxy) is 1. The van der Waals surface area contributed by atoms with Gasteiger partial charge in [0.1, 0.15) is 5.75 Å². The average molecular weight is 450 g/mol. The number of halogens is 3. The van der Waals surface area contributed by atoms with Crippen LogP contribution in [-0.2, 0) is 12.2 Å². The van der Waals surface area contributed by atoms with Gasteiger partial charge in [-0.1, -0.05) is 71.2 Å². The fourth-order valence-electron chi connectivity index (χ4n) is 2.71. The van der Waals surface area contributed by atoms with Crippen LogP contribution in [0.25, 0.3) is 6.08 Å². The maximum absolute atomic E-state index is 6.16. The van der Waals surface area contributed by atoms with Crippen molar-refractivity contribution in [3.05, 3.63) is 103 Å². The van der Waals surface area contributed by atoms with Crippen LogP contribution in [0.15, 0.2) is 71.6 Å². The van der Waals surface area contributed by atoms with Crippen LogP contribution in [0.3, 0.4) is 0 Å². The van der Waals surface area contributed by atoms with Gasteiger partial charge in [0.25, 0.3) is 0 Å². The highest BCUT2D eigenvalue weighted by atomic mass is 35.5. The maximum atomic E-state index is 6.16. The molecule has 0 radical (unpaired) electrons. The third-order valence-corrected chi connectivity index (χ3v) is 6.26. The molecule has 3 aromatic rings. The summed E-state index contributed by atoms with van der Waals surface area (Å²) in [6.45, 7) is 0. The van der Waals surface area contributed by atoms with Gasteiger partial charge in [-0.05, 0) is 52.4 Å². The highest BCUT2D eigenvalue weighted by Gasteiger charge is 2.07. The van der Waals surface area contributed by atoms with Crippen molar-refractivity contribution < 1.29 is 4.74 Å². The molecule has 0 bridgehead atoms. The molecule has 1 nitrogen and oxygen atoms in total. The molecule has 0 unspecified atom stereocenters. The summed E-state index contributed by atoms with van der Waals surface area (Å²) in [5.74, 6) is 1.65. The first-order valence-corrected chi connectivity index (χ1v) is 10.8. The Morgan fingerprint density at radius 3 is 2.32 bits per heavy atom. The molecular weight excluding hydrogens is 431 g/mol. The minimum absolute atomic E-state index is 0.571. The Hall–Kier alpha value is -1.58. The Bertz CT molecular complexity index is 968. The molecule has 0 aliphatic rings. The van der Waals surface area contributed by atoms with Gasteiger partial charge in [-0.3, -0.25) is 0 Å². The Labute approximate surface area is 185 Å². The molecule has 144 valence electrons. The zero-order valence-corrected chi connectivity index (χ0v) is 18.4. The molecule has 0 spiro atoms. The van der Waals surface area contributed by atoms with Gasteiger partial charge >= 0.3 is 0 Å². The maximum Gasteiger partial charge on any atom is 0.126 e. The number of methoxy groups -OCH3 is 1. The Balaban J connectivity index is 1.85. The second kappa shape index (κ2) is 10.3. The summed E-state index contributed by atoms with van der Waals surface area (Å²) >= 11 is 20.0. The zero-order chi connectivity index (χ0) is 19.9. The van der Waals surface area contributed by atoms with Gasteiger partial charge < -0.3 is 4.74 Å². The Morgan fingerprint density at radius 1 is 0.893 bits per heavy atom. The molecule has 0 aliphatic heterocycles. The molecular formula is C23H19Cl3OS. The summed E-state index contributed by atoms with van der Waals surface area (Å²) in [6.07, 6.45) is 2.98. The topological polar surface area (TPSA) is 9.23 Å². The van der Waals surface area contributed by atoms with Crippen molar-refractivity contribution in [2.24, 2.45) is 0 Å². The van der Waals surface area contributed by atoms with E-state index in [1.54, 1.807) is 18.9 Å². The zero-order valence-electron chi connectivity index (χ0n) is 15.3. The fourth-order valence-corrected chi connectivity index (χ4v) is 4.17. The Kier molecular flexibility index (Phi) is 7.75. The monoisotopic (exact) mass is 448 g/mol. The van der Waals surface area contributed by atoms with Crippen molar-refractivity contribution in [1.82, 2.24) is 0 Å². The van der Waals surface area contributed by atoms with Crippen LogP contribution in [0.1, 0.15) is 16.7 Å². The van der Waals surface area contributed by atoms with Crippen LogP contribution in [0, 0.1) is 0 Å². The van der Waals surface area contributed by atoms with Crippen LogP contribution in [-0.4, -0.2) is 7.11 Å². The van der Waals surface area contributed by atoms with Gasteiger partial charge in [-0.25, -0.2) is 0 Å². The third kappa shape index (κ3) is 5.96. The predicted octanol–water partition coefficient (Wildman–Crippen LogP) is 8.17. The number of hydrogen-bond acceptors (Lipinski definition) is 2. The number of rotatable bonds is 7. The molecule has 0 saturated heterocycles. The SMILES string of the molecule is COc1ccccc1/C=C(\Cc1ccc(Cl)cc1)SCc1ccc(Cl)c(Cl)c1. The second-order valence-electron chi connectivity index (χ2n) is 6.19. The number of benzene rings is 3. The first-order chi connectivity index (χ1) is 13.5. The minimum atomic E-state index is 0.571. The van der Waals surface area contributed by atoms with Gasteiger partial charge in [0.05, 0.1) is 17.2 Å². The van der Waals surface area contributed by atoms with Gasteiger partial charge in [-0.2, -0.15) is 0 Å². The molecule has 0 N–H and O–H groups in total. The summed E-state index contributed by atoms with van der Waals surface area (Å²) in [7, 11) is 1.69. The van der Waals surface area contributed by atoms with E-state index in [4.69, 9.17) is 39.5 Å².